The van der Waals surface area contributed by atoms with Crippen LogP contribution in [0.3, 0.4) is 0 Å². The standard InChI is InChI=1S/C23H24F6N6/c1-3-19-7-20(11-30-19)35(21-31-8-15(9-32-21)16-10-33-34(2)13-16)12-14-4-17(22(24,25)26)6-18(5-14)23(27,28)29/h4-6,8-10,13,19-20,30H,3,7,11-12H2,1-2H3/p+1/t19-,20+/m1/s1. The summed E-state index contributed by atoms with van der Waals surface area (Å²) in [5, 5.41) is 6.24. The number of nitrogens with zero attached hydrogens (tertiary/aromatic N) is 5. The molecule has 1 aliphatic heterocycles. The van der Waals surface area contributed by atoms with Crippen LogP contribution in [0.2, 0.25) is 0 Å². The van der Waals surface area contributed by atoms with Crippen LogP contribution in [0.15, 0.2) is 43.0 Å². The predicted octanol–water partition coefficient (Wildman–Crippen LogP) is 4.04. The van der Waals surface area contributed by atoms with E-state index in [-0.39, 0.29) is 30.2 Å². The molecule has 2 aromatic heterocycles. The predicted molar refractivity (Wildman–Crippen MR) is 116 cm³/mol. The fourth-order valence-corrected chi connectivity index (χ4v) is 4.34. The van der Waals surface area contributed by atoms with Crippen LogP contribution < -0.4 is 10.2 Å². The first kappa shape index (κ1) is 25.0. The van der Waals surface area contributed by atoms with Gasteiger partial charge in [-0.25, -0.2) is 9.97 Å². The Hall–Kier alpha value is -3.15. The second-order valence-corrected chi connectivity index (χ2v) is 8.75. The first-order chi connectivity index (χ1) is 16.4. The molecule has 4 rings (SSSR count). The van der Waals surface area contributed by atoms with E-state index in [1.54, 1.807) is 41.4 Å². The maximum atomic E-state index is 13.4. The summed E-state index contributed by atoms with van der Waals surface area (Å²) in [4.78, 5) is 10.5. The molecule has 0 aliphatic carbocycles. The largest absolute Gasteiger partial charge is 0.416 e. The highest BCUT2D eigenvalue weighted by Gasteiger charge is 2.38. The summed E-state index contributed by atoms with van der Waals surface area (Å²) in [5.41, 5.74) is -1.28. The van der Waals surface area contributed by atoms with Gasteiger partial charge in [-0.2, -0.15) is 31.4 Å². The summed E-state index contributed by atoms with van der Waals surface area (Å²) in [6.45, 7) is 2.49. The number of benzene rings is 1. The van der Waals surface area contributed by atoms with Gasteiger partial charge in [-0.15, -0.1) is 0 Å². The lowest BCUT2D eigenvalue weighted by Gasteiger charge is -2.28. The molecule has 1 saturated heterocycles. The first-order valence-electron chi connectivity index (χ1n) is 11.1. The van der Waals surface area contributed by atoms with E-state index in [1.807, 2.05) is 6.92 Å². The van der Waals surface area contributed by atoms with E-state index in [4.69, 9.17) is 0 Å². The van der Waals surface area contributed by atoms with Crippen molar-refractivity contribution in [2.45, 2.75) is 50.7 Å². The monoisotopic (exact) mass is 499 g/mol. The van der Waals surface area contributed by atoms with E-state index in [2.05, 4.69) is 20.4 Å². The fourth-order valence-electron chi connectivity index (χ4n) is 4.34. The highest BCUT2D eigenvalue weighted by molar-refractivity contribution is 5.60. The number of nitrogens with two attached hydrogens (primary N) is 1. The lowest BCUT2D eigenvalue weighted by molar-refractivity contribution is -0.670. The maximum absolute atomic E-state index is 13.4. The van der Waals surface area contributed by atoms with E-state index < -0.39 is 23.5 Å². The molecule has 188 valence electrons. The Bertz CT molecular complexity index is 1120. The third kappa shape index (κ3) is 5.75. The molecule has 2 atom stereocenters. The van der Waals surface area contributed by atoms with Crippen LogP contribution in [0.1, 0.15) is 36.5 Å². The molecule has 1 fully saturated rings. The lowest BCUT2D eigenvalue weighted by atomic mass is 10.0. The minimum absolute atomic E-state index is 0.105. The Morgan fingerprint density at radius 1 is 0.971 bits per heavy atom. The molecule has 12 heteroatoms. The highest BCUT2D eigenvalue weighted by atomic mass is 19.4. The minimum atomic E-state index is -4.91. The van der Waals surface area contributed by atoms with Crippen molar-refractivity contribution in [2.24, 2.45) is 7.05 Å². The number of hydrogen-bond acceptors (Lipinski definition) is 4. The number of quaternary nitrogens is 1. The Labute approximate surface area is 198 Å². The SMILES string of the molecule is CC[C@@H]1C[C@H](N(Cc2cc(C(F)(F)F)cc(C(F)(F)F)c2)c2ncc(-c3cnn(C)c3)cn2)C[NH2+]1. The van der Waals surface area contributed by atoms with Crippen molar-refractivity contribution in [3.8, 4) is 11.1 Å². The Kier molecular flexibility index (Phi) is 6.76. The van der Waals surface area contributed by atoms with Crippen LogP contribution in [-0.4, -0.2) is 38.4 Å². The van der Waals surface area contributed by atoms with Crippen LogP contribution in [0.5, 0.6) is 0 Å². The number of rotatable bonds is 6. The molecule has 0 radical (unpaired) electrons. The van der Waals surface area contributed by atoms with Crippen molar-refractivity contribution in [2.75, 3.05) is 11.4 Å². The molecule has 1 aromatic carbocycles. The van der Waals surface area contributed by atoms with Gasteiger partial charge in [0.15, 0.2) is 0 Å². The minimum Gasteiger partial charge on any atom is -0.342 e. The molecular weight excluding hydrogens is 474 g/mol. The van der Waals surface area contributed by atoms with Crippen molar-refractivity contribution >= 4 is 5.95 Å². The zero-order valence-electron chi connectivity index (χ0n) is 19.1. The summed E-state index contributed by atoms with van der Waals surface area (Å²) in [5.74, 6) is 0.249. The van der Waals surface area contributed by atoms with Crippen LogP contribution in [0.25, 0.3) is 11.1 Å². The van der Waals surface area contributed by atoms with E-state index in [9.17, 15) is 26.3 Å². The number of halogens is 6. The van der Waals surface area contributed by atoms with Gasteiger partial charge in [0.2, 0.25) is 5.95 Å². The molecule has 0 spiro atoms. The van der Waals surface area contributed by atoms with Gasteiger partial charge in [0.25, 0.3) is 0 Å². The summed E-state index contributed by atoms with van der Waals surface area (Å²) in [6.07, 6.45) is -1.61. The zero-order chi connectivity index (χ0) is 25.4. The summed E-state index contributed by atoms with van der Waals surface area (Å²) >= 11 is 0. The number of aryl methyl sites for hydroxylation is 1. The van der Waals surface area contributed by atoms with Crippen LogP contribution >= 0.6 is 0 Å². The van der Waals surface area contributed by atoms with E-state index in [0.717, 1.165) is 30.5 Å². The van der Waals surface area contributed by atoms with E-state index in [1.165, 1.54) is 0 Å². The van der Waals surface area contributed by atoms with Gasteiger partial charge in [-0.3, -0.25) is 4.68 Å². The first-order valence-corrected chi connectivity index (χ1v) is 11.1. The van der Waals surface area contributed by atoms with Gasteiger partial charge in [0.05, 0.1) is 36.0 Å². The summed E-state index contributed by atoms with van der Waals surface area (Å²) in [7, 11) is 1.77. The highest BCUT2D eigenvalue weighted by Crippen LogP contribution is 2.37. The van der Waals surface area contributed by atoms with Crippen molar-refractivity contribution in [3.63, 3.8) is 0 Å². The average Bonchev–Trinajstić information content (AvgIpc) is 3.45. The molecule has 0 bridgehead atoms. The maximum Gasteiger partial charge on any atom is 0.416 e. The summed E-state index contributed by atoms with van der Waals surface area (Å²) < 4.78 is 81.9. The second-order valence-electron chi connectivity index (χ2n) is 8.75. The fraction of sp³-hybridized carbons (Fsp3) is 0.435. The normalized spacial score (nSPS) is 18.7. The zero-order valence-corrected chi connectivity index (χ0v) is 19.1. The van der Waals surface area contributed by atoms with Gasteiger partial charge in [-0.1, -0.05) is 6.92 Å². The Balaban J connectivity index is 1.70. The van der Waals surface area contributed by atoms with Gasteiger partial charge >= 0.3 is 12.4 Å². The van der Waals surface area contributed by atoms with Crippen molar-refractivity contribution in [1.29, 1.82) is 0 Å². The van der Waals surface area contributed by atoms with Crippen molar-refractivity contribution in [3.05, 3.63) is 59.7 Å². The molecule has 0 unspecified atom stereocenters. The van der Waals surface area contributed by atoms with E-state index in [0.29, 0.717) is 18.2 Å². The van der Waals surface area contributed by atoms with E-state index >= 15 is 0 Å². The van der Waals surface area contributed by atoms with Gasteiger partial charge in [-0.05, 0) is 30.2 Å². The second kappa shape index (κ2) is 9.48. The molecule has 6 nitrogen and oxygen atoms in total. The third-order valence-electron chi connectivity index (χ3n) is 6.22. The van der Waals surface area contributed by atoms with Gasteiger partial charge in [0, 0.05) is 49.7 Å². The molecule has 35 heavy (non-hydrogen) atoms. The molecule has 3 heterocycles. The molecule has 2 N–H and O–H groups in total. The number of anilines is 1. The summed E-state index contributed by atoms with van der Waals surface area (Å²) in [6, 6.07) is 1.84. The molecule has 0 amide bonds. The van der Waals surface area contributed by atoms with Gasteiger partial charge in [0.1, 0.15) is 0 Å². The average molecular weight is 499 g/mol. The smallest absolute Gasteiger partial charge is 0.342 e. The Morgan fingerprint density at radius 3 is 2.09 bits per heavy atom. The lowest BCUT2D eigenvalue weighted by Crippen LogP contribution is -2.87. The number of alkyl halides is 6. The van der Waals surface area contributed by atoms with Crippen LogP contribution in [0, 0.1) is 0 Å². The van der Waals surface area contributed by atoms with Crippen molar-refractivity contribution in [1.82, 2.24) is 19.7 Å². The van der Waals surface area contributed by atoms with Crippen LogP contribution in [0.4, 0.5) is 32.3 Å². The topological polar surface area (TPSA) is 63.5 Å². The number of aromatic nitrogens is 4. The molecule has 0 saturated carbocycles. The molecular formula is C23H25F6N6+. The van der Waals surface area contributed by atoms with Gasteiger partial charge < -0.3 is 10.2 Å². The van der Waals surface area contributed by atoms with Crippen LogP contribution in [-0.2, 0) is 25.9 Å². The Morgan fingerprint density at radius 2 is 1.60 bits per heavy atom. The quantitative estimate of drug-likeness (QED) is 0.521. The molecule has 3 aromatic rings. The third-order valence-corrected chi connectivity index (χ3v) is 6.22. The molecule has 1 aliphatic rings. The van der Waals surface area contributed by atoms with Crippen molar-refractivity contribution < 1.29 is 31.7 Å². The number of hydrogen-bond donors (Lipinski definition) is 1.